The molecule has 8 heteroatoms. The van der Waals surface area contributed by atoms with E-state index in [-0.39, 0.29) is 17.5 Å². The molecule has 7 nitrogen and oxygen atoms in total. The quantitative estimate of drug-likeness (QED) is 0.928. The molecular weight excluding hydrogens is 315 g/mol. The van der Waals surface area contributed by atoms with E-state index in [0.717, 1.165) is 5.56 Å². The molecule has 1 atom stereocenters. The van der Waals surface area contributed by atoms with Crippen molar-refractivity contribution in [1.29, 1.82) is 0 Å². The molecule has 2 aromatic rings. The van der Waals surface area contributed by atoms with Crippen LogP contribution in [0.15, 0.2) is 22.7 Å². The lowest BCUT2D eigenvalue weighted by molar-refractivity contribution is 0.0697. The summed E-state index contributed by atoms with van der Waals surface area (Å²) in [6, 6.07) is 4.62. The molecule has 24 heavy (non-hydrogen) atoms. The summed E-state index contributed by atoms with van der Waals surface area (Å²) in [5.41, 5.74) is 1.20. The van der Waals surface area contributed by atoms with Crippen molar-refractivity contribution < 1.29 is 18.8 Å². The summed E-state index contributed by atoms with van der Waals surface area (Å²) in [5.74, 6) is 0.213. The Labute approximate surface area is 138 Å². The normalized spacial score (nSPS) is 18.8. The van der Waals surface area contributed by atoms with Crippen LogP contribution in [0.3, 0.4) is 0 Å². The van der Waals surface area contributed by atoms with Crippen molar-refractivity contribution >= 4 is 6.09 Å². The fraction of sp³-hybridized carbons (Fsp3) is 0.438. The van der Waals surface area contributed by atoms with Gasteiger partial charge in [0.05, 0.1) is 12.1 Å². The van der Waals surface area contributed by atoms with Crippen LogP contribution in [0, 0.1) is 12.7 Å². The summed E-state index contributed by atoms with van der Waals surface area (Å²) in [5, 5.41) is 13.0. The van der Waals surface area contributed by atoms with Gasteiger partial charge in [0.15, 0.2) is 5.82 Å². The molecule has 1 amide bonds. The first kappa shape index (κ1) is 16.4. The third kappa shape index (κ3) is 3.38. The number of hydrogen-bond donors (Lipinski definition) is 1. The SMILES string of the molecule is Cc1ccc(F)c(-c2nc(CN3CCN(C(=O)O)[C@H](C)C3)no2)c1. The average molecular weight is 334 g/mol. The van der Waals surface area contributed by atoms with Gasteiger partial charge in [-0.3, -0.25) is 4.90 Å². The molecule has 3 rings (SSSR count). The minimum absolute atomic E-state index is 0.100. The topological polar surface area (TPSA) is 82.7 Å². The third-order valence-electron chi connectivity index (χ3n) is 4.14. The zero-order valence-corrected chi connectivity index (χ0v) is 13.6. The summed E-state index contributed by atoms with van der Waals surface area (Å²) in [4.78, 5) is 18.8. The van der Waals surface area contributed by atoms with Crippen molar-refractivity contribution in [2.24, 2.45) is 0 Å². The van der Waals surface area contributed by atoms with E-state index < -0.39 is 11.9 Å². The number of aromatic nitrogens is 2. The summed E-state index contributed by atoms with van der Waals surface area (Å²) >= 11 is 0. The van der Waals surface area contributed by atoms with Gasteiger partial charge in [-0.1, -0.05) is 16.8 Å². The first-order valence-corrected chi connectivity index (χ1v) is 7.75. The Hall–Kier alpha value is -2.48. The second kappa shape index (κ2) is 6.56. The smallest absolute Gasteiger partial charge is 0.407 e. The van der Waals surface area contributed by atoms with Gasteiger partial charge < -0.3 is 14.5 Å². The first-order chi connectivity index (χ1) is 11.4. The van der Waals surface area contributed by atoms with E-state index in [4.69, 9.17) is 9.63 Å². The van der Waals surface area contributed by atoms with Gasteiger partial charge in [0, 0.05) is 25.7 Å². The maximum atomic E-state index is 13.9. The number of benzene rings is 1. The summed E-state index contributed by atoms with van der Waals surface area (Å²) in [6.45, 7) is 5.80. The number of piperazine rings is 1. The van der Waals surface area contributed by atoms with Gasteiger partial charge in [-0.25, -0.2) is 9.18 Å². The maximum Gasteiger partial charge on any atom is 0.407 e. The van der Waals surface area contributed by atoms with Gasteiger partial charge in [0.2, 0.25) is 0 Å². The van der Waals surface area contributed by atoms with E-state index >= 15 is 0 Å². The molecule has 1 aromatic heterocycles. The minimum Gasteiger partial charge on any atom is -0.465 e. The Morgan fingerprint density at radius 1 is 1.46 bits per heavy atom. The average Bonchev–Trinajstić information content (AvgIpc) is 2.97. The number of rotatable bonds is 3. The molecule has 1 fully saturated rings. The van der Waals surface area contributed by atoms with Crippen LogP contribution < -0.4 is 0 Å². The Kier molecular flexibility index (Phi) is 4.48. The second-order valence-electron chi connectivity index (χ2n) is 6.06. The van der Waals surface area contributed by atoms with E-state index in [1.54, 1.807) is 12.1 Å². The molecule has 1 aromatic carbocycles. The molecule has 0 unspecified atom stereocenters. The predicted molar refractivity (Wildman–Crippen MR) is 83.9 cm³/mol. The monoisotopic (exact) mass is 334 g/mol. The molecule has 0 spiro atoms. The largest absolute Gasteiger partial charge is 0.465 e. The molecule has 0 aliphatic carbocycles. The number of carbonyl (C=O) groups is 1. The number of hydrogen-bond acceptors (Lipinski definition) is 5. The second-order valence-corrected chi connectivity index (χ2v) is 6.06. The lowest BCUT2D eigenvalue weighted by Gasteiger charge is -2.37. The Balaban J connectivity index is 1.69. The van der Waals surface area contributed by atoms with Crippen LogP contribution in [-0.2, 0) is 6.54 Å². The molecule has 1 saturated heterocycles. The van der Waals surface area contributed by atoms with Crippen molar-refractivity contribution in [3.63, 3.8) is 0 Å². The van der Waals surface area contributed by atoms with Crippen LogP contribution in [0.4, 0.5) is 9.18 Å². The van der Waals surface area contributed by atoms with E-state index in [2.05, 4.69) is 15.0 Å². The molecule has 0 bridgehead atoms. The molecule has 128 valence electrons. The van der Waals surface area contributed by atoms with Gasteiger partial charge in [0.25, 0.3) is 5.89 Å². The standard InChI is InChI=1S/C16H19FN4O3/c1-10-3-4-13(17)12(7-10)15-18-14(19-24-15)9-20-5-6-21(16(22)23)11(2)8-20/h3-4,7,11H,5-6,8-9H2,1-2H3,(H,22,23)/t11-/m1/s1. The number of halogens is 1. The third-order valence-corrected chi connectivity index (χ3v) is 4.14. The van der Waals surface area contributed by atoms with Crippen molar-refractivity contribution in [3.8, 4) is 11.5 Å². The maximum absolute atomic E-state index is 13.9. The molecule has 1 aliphatic heterocycles. The molecule has 1 aliphatic rings. The highest BCUT2D eigenvalue weighted by molar-refractivity contribution is 5.65. The molecule has 0 radical (unpaired) electrons. The van der Waals surface area contributed by atoms with Gasteiger partial charge >= 0.3 is 6.09 Å². The van der Waals surface area contributed by atoms with Gasteiger partial charge in [-0.05, 0) is 26.0 Å². The summed E-state index contributed by atoms with van der Waals surface area (Å²) in [7, 11) is 0. The molecular formula is C16H19FN4O3. The Bertz CT molecular complexity index is 749. The van der Waals surface area contributed by atoms with Crippen molar-refractivity contribution in [1.82, 2.24) is 19.9 Å². The molecule has 0 saturated carbocycles. The Morgan fingerprint density at radius 3 is 2.96 bits per heavy atom. The van der Waals surface area contributed by atoms with Crippen molar-refractivity contribution in [2.75, 3.05) is 19.6 Å². The Morgan fingerprint density at radius 2 is 2.25 bits per heavy atom. The van der Waals surface area contributed by atoms with E-state index in [9.17, 15) is 9.18 Å². The van der Waals surface area contributed by atoms with Crippen molar-refractivity contribution in [2.45, 2.75) is 26.4 Å². The minimum atomic E-state index is -0.904. The number of nitrogens with zero attached hydrogens (tertiary/aromatic N) is 4. The summed E-state index contributed by atoms with van der Waals surface area (Å²) < 4.78 is 19.1. The van der Waals surface area contributed by atoms with Crippen LogP contribution in [-0.4, -0.2) is 56.8 Å². The van der Waals surface area contributed by atoms with Gasteiger partial charge in [-0.15, -0.1) is 0 Å². The van der Waals surface area contributed by atoms with Crippen LogP contribution in [0.5, 0.6) is 0 Å². The lowest BCUT2D eigenvalue weighted by Crippen LogP contribution is -2.53. The molecule has 1 N–H and O–H groups in total. The van der Waals surface area contributed by atoms with E-state index in [1.807, 2.05) is 13.8 Å². The van der Waals surface area contributed by atoms with E-state index in [0.29, 0.717) is 32.0 Å². The summed E-state index contributed by atoms with van der Waals surface area (Å²) in [6.07, 6.45) is -0.904. The predicted octanol–water partition coefficient (Wildman–Crippen LogP) is 2.37. The fourth-order valence-electron chi connectivity index (χ4n) is 2.89. The van der Waals surface area contributed by atoms with E-state index in [1.165, 1.54) is 11.0 Å². The van der Waals surface area contributed by atoms with Crippen LogP contribution in [0.2, 0.25) is 0 Å². The fourth-order valence-corrected chi connectivity index (χ4v) is 2.89. The van der Waals surface area contributed by atoms with Crippen LogP contribution >= 0.6 is 0 Å². The molecule has 2 heterocycles. The van der Waals surface area contributed by atoms with Crippen molar-refractivity contribution in [3.05, 3.63) is 35.4 Å². The van der Waals surface area contributed by atoms with Crippen LogP contribution in [0.25, 0.3) is 11.5 Å². The zero-order valence-electron chi connectivity index (χ0n) is 13.6. The van der Waals surface area contributed by atoms with Gasteiger partial charge in [0.1, 0.15) is 5.82 Å². The number of carboxylic acid groups (broad SMARTS) is 1. The number of amides is 1. The van der Waals surface area contributed by atoms with Gasteiger partial charge in [-0.2, -0.15) is 4.98 Å². The highest BCUT2D eigenvalue weighted by atomic mass is 19.1. The first-order valence-electron chi connectivity index (χ1n) is 7.75. The lowest BCUT2D eigenvalue weighted by atomic mass is 10.1. The van der Waals surface area contributed by atoms with Crippen LogP contribution in [0.1, 0.15) is 18.3 Å². The highest BCUT2D eigenvalue weighted by Crippen LogP contribution is 2.22. The highest BCUT2D eigenvalue weighted by Gasteiger charge is 2.27. The zero-order chi connectivity index (χ0) is 17.3. The number of aryl methyl sites for hydroxylation is 1.